The molecule has 0 fully saturated rings. The van der Waals surface area contributed by atoms with Crippen molar-refractivity contribution in [3.63, 3.8) is 0 Å². The van der Waals surface area contributed by atoms with Gasteiger partial charge in [-0.05, 0) is 17.7 Å². The number of aromatic hydroxyl groups is 1. The SMILES string of the molecule is [2H]c1c([2H])c([2H])c(-c2cn3c(O)c(Cc4ccco4)nc3c(Cc3ccccc3)n2)c([2H])c1[2H]. The molecular weight excluding hydrogens is 362 g/mol. The fourth-order valence-electron chi connectivity index (χ4n) is 3.25. The third-order valence-corrected chi connectivity index (χ3v) is 4.61. The minimum Gasteiger partial charge on any atom is -0.493 e. The van der Waals surface area contributed by atoms with Gasteiger partial charge in [-0.2, -0.15) is 0 Å². The van der Waals surface area contributed by atoms with Gasteiger partial charge in [0.05, 0.1) is 30.9 Å². The molecule has 0 saturated carbocycles. The standard InChI is InChI=1S/C24H19N3O2/c28-24-21(15-19-12-7-13-29-19)26-23-20(14-17-8-3-1-4-9-17)25-22(16-27(23)24)18-10-5-2-6-11-18/h1-13,16,28H,14-15H2/i2D,5D,6D,10D,11D. The van der Waals surface area contributed by atoms with Crippen LogP contribution in [0.1, 0.15) is 29.6 Å². The summed E-state index contributed by atoms with van der Waals surface area (Å²) in [5.41, 5.74) is 2.35. The minimum atomic E-state index is -0.476. The van der Waals surface area contributed by atoms with Gasteiger partial charge >= 0.3 is 0 Å². The number of aromatic nitrogens is 3. The Morgan fingerprint density at radius 3 is 2.52 bits per heavy atom. The van der Waals surface area contributed by atoms with Crippen molar-refractivity contribution >= 4 is 5.65 Å². The summed E-state index contributed by atoms with van der Waals surface area (Å²) in [6.07, 6.45) is 3.62. The Balaban J connectivity index is 1.75. The van der Waals surface area contributed by atoms with Gasteiger partial charge in [0.15, 0.2) is 5.65 Å². The normalized spacial score (nSPS) is 13.6. The molecule has 2 aromatic carbocycles. The zero-order valence-corrected chi connectivity index (χ0v) is 15.3. The number of nitrogens with zero attached hydrogens (tertiary/aromatic N) is 3. The molecule has 0 aliphatic heterocycles. The number of benzene rings is 2. The van der Waals surface area contributed by atoms with Crippen LogP contribution in [0.3, 0.4) is 0 Å². The first-order chi connectivity index (χ1) is 16.3. The molecule has 5 aromatic rings. The molecule has 0 bridgehead atoms. The second kappa shape index (κ2) is 7.28. The van der Waals surface area contributed by atoms with Crippen molar-refractivity contribution in [2.24, 2.45) is 0 Å². The Labute approximate surface area is 175 Å². The van der Waals surface area contributed by atoms with E-state index in [9.17, 15) is 5.11 Å². The Morgan fingerprint density at radius 1 is 0.931 bits per heavy atom. The van der Waals surface area contributed by atoms with Crippen LogP contribution in [0.4, 0.5) is 0 Å². The highest BCUT2D eigenvalue weighted by atomic mass is 16.3. The molecule has 0 spiro atoms. The summed E-state index contributed by atoms with van der Waals surface area (Å²) in [5.74, 6) is 0.499. The van der Waals surface area contributed by atoms with Crippen LogP contribution in [0, 0.1) is 0 Å². The number of hydrogen-bond acceptors (Lipinski definition) is 4. The molecule has 0 unspecified atom stereocenters. The number of hydrogen-bond donors (Lipinski definition) is 1. The number of rotatable bonds is 5. The predicted octanol–water partition coefficient (Wildman–Crippen LogP) is 4.88. The van der Waals surface area contributed by atoms with E-state index < -0.39 is 18.1 Å². The quantitative estimate of drug-likeness (QED) is 0.468. The van der Waals surface area contributed by atoms with Crippen LogP contribution in [0.2, 0.25) is 0 Å². The van der Waals surface area contributed by atoms with Crippen LogP contribution in [-0.2, 0) is 12.8 Å². The van der Waals surface area contributed by atoms with Crippen LogP contribution < -0.4 is 0 Å². The van der Waals surface area contributed by atoms with E-state index in [4.69, 9.17) is 11.3 Å². The molecule has 142 valence electrons. The number of imidazole rings is 1. The fraction of sp³-hybridized carbons (Fsp3) is 0.0833. The molecule has 5 heteroatoms. The molecule has 1 N–H and O–H groups in total. The van der Waals surface area contributed by atoms with Gasteiger partial charge in [-0.15, -0.1) is 0 Å². The molecular formula is C24H19N3O2. The molecule has 0 saturated heterocycles. The highest BCUT2D eigenvalue weighted by Gasteiger charge is 2.18. The van der Waals surface area contributed by atoms with Gasteiger partial charge in [-0.25, -0.2) is 9.97 Å². The van der Waals surface area contributed by atoms with Gasteiger partial charge < -0.3 is 9.52 Å². The zero-order chi connectivity index (χ0) is 24.0. The summed E-state index contributed by atoms with van der Waals surface area (Å²) in [6.45, 7) is 0. The minimum absolute atomic E-state index is 0.0390. The van der Waals surface area contributed by atoms with Crippen LogP contribution in [0.5, 0.6) is 5.88 Å². The lowest BCUT2D eigenvalue weighted by atomic mass is 10.1. The lowest BCUT2D eigenvalue weighted by Crippen LogP contribution is -2.00. The second-order valence-electron chi connectivity index (χ2n) is 6.57. The van der Waals surface area contributed by atoms with E-state index in [1.165, 1.54) is 10.6 Å². The van der Waals surface area contributed by atoms with Gasteiger partial charge in [0.2, 0.25) is 5.88 Å². The van der Waals surface area contributed by atoms with Crippen molar-refractivity contribution in [1.29, 1.82) is 0 Å². The topological polar surface area (TPSA) is 63.6 Å². The van der Waals surface area contributed by atoms with Crippen molar-refractivity contribution in [3.05, 3.63) is 108 Å². The fourth-order valence-corrected chi connectivity index (χ4v) is 3.25. The summed E-state index contributed by atoms with van der Waals surface area (Å²) in [6, 6.07) is 11.0. The average Bonchev–Trinajstić information content (AvgIpc) is 3.46. The van der Waals surface area contributed by atoms with Crippen LogP contribution in [0.25, 0.3) is 16.9 Å². The van der Waals surface area contributed by atoms with Crippen molar-refractivity contribution in [3.8, 4) is 17.1 Å². The van der Waals surface area contributed by atoms with Crippen molar-refractivity contribution < 1.29 is 16.4 Å². The summed E-state index contributed by atoms with van der Waals surface area (Å²) in [7, 11) is 0. The Bertz CT molecular complexity index is 1490. The maximum Gasteiger partial charge on any atom is 0.219 e. The van der Waals surface area contributed by atoms with E-state index in [0.717, 1.165) is 5.56 Å². The van der Waals surface area contributed by atoms with Gasteiger partial charge in [-0.3, -0.25) is 4.40 Å². The van der Waals surface area contributed by atoms with E-state index >= 15 is 0 Å². The van der Waals surface area contributed by atoms with E-state index in [-0.39, 0.29) is 35.6 Å². The van der Waals surface area contributed by atoms with Crippen LogP contribution >= 0.6 is 0 Å². The Morgan fingerprint density at radius 2 is 1.76 bits per heavy atom. The molecule has 29 heavy (non-hydrogen) atoms. The van der Waals surface area contributed by atoms with Gasteiger partial charge in [0.1, 0.15) is 11.5 Å². The van der Waals surface area contributed by atoms with Crippen LogP contribution in [-0.4, -0.2) is 19.5 Å². The molecule has 0 aliphatic rings. The van der Waals surface area contributed by atoms with Gasteiger partial charge in [0, 0.05) is 18.2 Å². The molecule has 0 atom stereocenters. The van der Waals surface area contributed by atoms with Gasteiger partial charge in [0.25, 0.3) is 0 Å². The van der Waals surface area contributed by atoms with Crippen molar-refractivity contribution in [2.75, 3.05) is 0 Å². The summed E-state index contributed by atoms with van der Waals surface area (Å²) in [4.78, 5) is 9.27. The second-order valence-corrected chi connectivity index (χ2v) is 6.57. The summed E-state index contributed by atoms with van der Waals surface area (Å²) >= 11 is 0. The third kappa shape index (κ3) is 3.38. The first kappa shape index (κ1) is 12.6. The zero-order valence-electron chi connectivity index (χ0n) is 20.3. The molecule has 0 radical (unpaired) electrons. The molecule has 3 heterocycles. The lowest BCUT2D eigenvalue weighted by molar-refractivity contribution is 0.438. The Kier molecular flexibility index (Phi) is 3.15. The van der Waals surface area contributed by atoms with Gasteiger partial charge in [-0.1, -0.05) is 60.5 Å². The summed E-state index contributed by atoms with van der Waals surface area (Å²) < 4.78 is 47.5. The lowest BCUT2D eigenvalue weighted by Gasteiger charge is -2.08. The molecule has 5 rings (SSSR count). The van der Waals surface area contributed by atoms with E-state index in [2.05, 4.69) is 9.97 Å². The first-order valence-corrected chi connectivity index (χ1v) is 9.08. The monoisotopic (exact) mass is 386 g/mol. The molecule has 0 amide bonds. The van der Waals surface area contributed by atoms with Crippen LogP contribution in [0.15, 0.2) is 89.6 Å². The Hall–Kier alpha value is -3.86. The first-order valence-electron chi connectivity index (χ1n) is 11.6. The predicted molar refractivity (Wildman–Crippen MR) is 111 cm³/mol. The maximum atomic E-state index is 11.0. The smallest absolute Gasteiger partial charge is 0.219 e. The molecule has 3 aromatic heterocycles. The highest BCUT2D eigenvalue weighted by molar-refractivity contribution is 5.63. The highest BCUT2D eigenvalue weighted by Crippen LogP contribution is 2.28. The molecule has 0 aliphatic carbocycles. The molecule has 5 nitrogen and oxygen atoms in total. The largest absolute Gasteiger partial charge is 0.493 e. The summed E-state index contributed by atoms with van der Waals surface area (Å²) in [5, 5.41) is 11.0. The number of fused-ring (bicyclic) bond motifs is 1. The maximum absolute atomic E-state index is 11.0. The van der Waals surface area contributed by atoms with E-state index in [1.807, 2.05) is 30.3 Å². The average molecular weight is 386 g/mol. The van der Waals surface area contributed by atoms with Crippen molar-refractivity contribution in [1.82, 2.24) is 14.4 Å². The van der Waals surface area contributed by atoms with E-state index in [0.29, 0.717) is 29.2 Å². The van der Waals surface area contributed by atoms with E-state index in [1.54, 1.807) is 18.4 Å². The third-order valence-electron chi connectivity index (χ3n) is 4.61. The van der Waals surface area contributed by atoms with Crippen molar-refractivity contribution in [2.45, 2.75) is 12.8 Å². The number of furan rings is 1.